The number of phenols is 1. The van der Waals surface area contributed by atoms with Gasteiger partial charge in [0.25, 0.3) is 0 Å². The van der Waals surface area contributed by atoms with Gasteiger partial charge in [-0.25, -0.2) is 0 Å². The molecule has 1 nitrogen and oxygen atoms in total. The first-order valence-corrected chi connectivity index (χ1v) is 6.45. The Balaban J connectivity index is 2.35. The lowest BCUT2D eigenvalue weighted by atomic mass is 10.0. The van der Waals surface area contributed by atoms with Crippen LogP contribution in [0.2, 0.25) is 10.0 Å². The molecule has 87 valence electrons. The standard InChI is InChI=1S/C13H8BrCl2O/c14-10-7-8(4-5-13(10)17)6-9-11(15)2-1-3-12(9)16/h1-5,17H,6H2. The molecule has 1 N–H and O–H groups in total. The maximum absolute atomic E-state index is 9.39. The van der Waals surface area contributed by atoms with Gasteiger partial charge in [0, 0.05) is 22.5 Å². The van der Waals surface area contributed by atoms with Crippen LogP contribution in [0.3, 0.4) is 0 Å². The van der Waals surface area contributed by atoms with Gasteiger partial charge >= 0.3 is 0 Å². The average molecular weight is 331 g/mol. The molecule has 0 unspecified atom stereocenters. The Morgan fingerprint density at radius 2 is 1.76 bits per heavy atom. The minimum Gasteiger partial charge on any atom is -0.507 e. The van der Waals surface area contributed by atoms with Crippen molar-refractivity contribution in [1.29, 1.82) is 0 Å². The van der Waals surface area contributed by atoms with Gasteiger partial charge in [0.05, 0.1) is 4.47 Å². The van der Waals surface area contributed by atoms with E-state index in [1.165, 1.54) is 0 Å². The Morgan fingerprint density at radius 3 is 2.35 bits per heavy atom. The average Bonchev–Trinajstić information content (AvgIpc) is 2.28. The van der Waals surface area contributed by atoms with Crippen LogP contribution in [0.1, 0.15) is 11.1 Å². The molecule has 4 heteroatoms. The summed E-state index contributed by atoms with van der Waals surface area (Å²) in [7, 11) is 0. The Bertz CT molecular complexity index is 535. The third kappa shape index (κ3) is 2.95. The number of benzene rings is 2. The van der Waals surface area contributed by atoms with E-state index in [1.807, 2.05) is 6.07 Å². The molecule has 0 spiro atoms. The zero-order chi connectivity index (χ0) is 12.4. The molecule has 0 heterocycles. The van der Waals surface area contributed by atoms with Crippen molar-refractivity contribution in [3.63, 3.8) is 0 Å². The molecule has 0 saturated heterocycles. The van der Waals surface area contributed by atoms with Crippen LogP contribution in [0.15, 0.2) is 34.8 Å². The smallest absolute Gasteiger partial charge is 0.130 e. The quantitative estimate of drug-likeness (QED) is 0.834. The van der Waals surface area contributed by atoms with E-state index in [9.17, 15) is 5.11 Å². The molecule has 0 saturated carbocycles. The molecule has 1 radical (unpaired) electrons. The summed E-state index contributed by atoms with van der Waals surface area (Å²) in [5.41, 5.74) is 1.77. The number of rotatable bonds is 2. The minimum absolute atomic E-state index is 0.166. The Labute approximate surface area is 118 Å². The highest BCUT2D eigenvalue weighted by Gasteiger charge is 2.08. The van der Waals surface area contributed by atoms with Crippen LogP contribution >= 0.6 is 39.1 Å². The first kappa shape index (κ1) is 12.7. The zero-order valence-electron chi connectivity index (χ0n) is 8.67. The van der Waals surface area contributed by atoms with Crippen LogP contribution in [-0.2, 0) is 6.42 Å². The van der Waals surface area contributed by atoms with Crippen LogP contribution in [0.25, 0.3) is 0 Å². The van der Waals surface area contributed by atoms with Crippen molar-refractivity contribution in [3.05, 3.63) is 62.0 Å². The van der Waals surface area contributed by atoms with Gasteiger partial charge in [0.2, 0.25) is 0 Å². The van der Waals surface area contributed by atoms with Crippen LogP contribution < -0.4 is 0 Å². The highest BCUT2D eigenvalue weighted by atomic mass is 79.9. The van der Waals surface area contributed by atoms with Gasteiger partial charge in [-0.2, -0.15) is 0 Å². The molecule has 0 aromatic heterocycles. The molecule has 0 aliphatic rings. The first-order chi connectivity index (χ1) is 8.08. The van der Waals surface area contributed by atoms with Crippen molar-refractivity contribution in [1.82, 2.24) is 0 Å². The highest BCUT2D eigenvalue weighted by Crippen LogP contribution is 2.29. The number of phenolic OH excluding ortho intramolecular Hbond substituents is 1. The van der Waals surface area contributed by atoms with Crippen molar-refractivity contribution in [2.45, 2.75) is 6.42 Å². The fourth-order valence-corrected chi connectivity index (χ4v) is 2.41. The Kier molecular flexibility index (Phi) is 3.97. The van der Waals surface area contributed by atoms with Gasteiger partial charge < -0.3 is 5.11 Å². The Hall–Kier alpha value is -0.700. The maximum atomic E-state index is 9.39. The van der Waals surface area contributed by atoms with Gasteiger partial charge in [-0.3, -0.25) is 0 Å². The van der Waals surface area contributed by atoms with E-state index in [-0.39, 0.29) is 5.75 Å². The van der Waals surface area contributed by atoms with E-state index < -0.39 is 0 Å². The van der Waals surface area contributed by atoms with Gasteiger partial charge in [0.1, 0.15) is 5.75 Å². The van der Waals surface area contributed by atoms with E-state index in [1.54, 1.807) is 24.3 Å². The molecule has 0 fully saturated rings. The third-order valence-electron chi connectivity index (χ3n) is 2.37. The second kappa shape index (κ2) is 5.30. The van der Waals surface area contributed by atoms with Crippen molar-refractivity contribution >= 4 is 39.1 Å². The van der Waals surface area contributed by atoms with Gasteiger partial charge in [-0.15, -0.1) is 0 Å². The monoisotopic (exact) mass is 329 g/mol. The summed E-state index contributed by atoms with van der Waals surface area (Å²) >= 11 is 15.4. The van der Waals surface area contributed by atoms with Crippen LogP contribution in [0.5, 0.6) is 5.75 Å². The fourth-order valence-electron chi connectivity index (χ4n) is 1.49. The molecule has 2 aromatic rings. The summed E-state index contributed by atoms with van der Waals surface area (Å²) in [6, 6.07) is 11.8. The molecule has 0 aliphatic carbocycles. The highest BCUT2D eigenvalue weighted by molar-refractivity contribution is 9.10. The van der Waals surface area contributed by atoms with Crippen LogP contribution in [-0.4, -0.2) is 5.11 Å². The molecule has 2 rings (SSSR count). The van der Waals surface area contributed by atoms with E-state index in [2.05, 4.69) is 22.0 Å². The lowest BCUT2D eigenvalue weighted by Gasteiger charge is -2.07. The van der Waals surface area contributed by atoms with E-state index in [4.69, 9.17) is 23.2 Å². The molecule has 0 bridgehead atoms. The topological polar surface area (TPSA) is 20.2 Å². The molecule has 17 heavy (non-hydrogen) atoms. The predicted molar refractivity (Wildman–Crippen MR) is 73.9 cm³/mol. The number of halogens is 3. The number of hydrogen-bond donors (Lipinski definition) is 1. The second-order valence-corrected chi connectivity index (χ2v) is 5.17. The summed E-state index contributed by atoms with van der Waals surface area (Å²) in [6.07, 6.45) is 0.581. The van der Waals surface area contributed by atoms with E-state index in [0.717, 1.165) is 11.1 Å². The van der Waals surface area contributed by atoms with E-state index in [0.29, 0.717) is 20.9 Å². The lowest BCUT2D eigenvalue weighted by Crippen LogP contribution is -1.91. The van der Waals surface area contributed by atoms with Gasteiger partial charge in [0.15, 0.2) is 0 Å². The van der Waals surface area contributed by atoms with Crippen LogP contribution in [0, 0.1) is 6.07 Å². The van der Waals surface area contributed by atoms with Gasteiger partial charge in [-0.1, -0.05) is 35.3 Å². The molecule has 0 aliphatic heterocycles. The van der Waals surface area contributed by atoms with Crippen molar-refractivity contribution < 1.29 is 5.11 Å². The summed E-state index contributed by atoms with van der Waals surface area (Å²) in [5, 5.41) is 10.7. The number of hydrogen-bond acceptors (Lipinski definition) is 1. The van der Waals surface area contributed by atoms with Gasteiger partial charge in [-0.05, 0) is 45.3 Å². The molecule has 2 aromatic carbocycles. The summed E-state index contributed by atoms with van der Waals surface area (Å²) < 4.78 is 0.540. The Morgan fingerprint density at radius 1 is 1.12 bits per heavy atom. The number of aromatic hydroxyl groups is 1. The van der Waals surface area contributed by atoms with Crippen LogP contribution in [0.4, 0.5) is 0 Å². The SMILES string of the molecule is Oc1ccc(Cc2c(Cl)cccc2Cl)[c]c1Br. The fraction of sp³-hybridized carbons (Fsp3) is 0.0769. The second-order valence-electron chi connectivity index (χ2n) is 3.56. The summed E-state index contributed by atoms with van der Waals surface area (Å²) in [4.78, 5) is 0. The molecular formula is C13H8BrCl2O. The summed E-state index contributed by atoms with van der Waals surface area (Å²) in [6.45, 7) is 0. The molecule has 0 amide bonds. The first-order valence-electron chi connectivity index (χ1n) is 4.90. The molecular weight excluding hydrogens is 323 g/mol. The normalized spacial score (nSPS) is 10.5. The largest absolute Gasteiger partial charge is 0.507 e. The van der Waals surface area contributed by atoms with Crippen molar-refractivity contribution in [2.75, 3.05) is 0 Å². The third-order valence-corrected chi connectivity index (χ3v) is 3.68. The zero-order valence-corrected chi connectivity index (χ0v) is 11.8. The minimum atomic E-state index is 0.166. The molecule has 0 atom stereocenters. The van der Waals surface area contributed by atoms with Crippen molar-refractivity contribution in [2.24, 2.45) is 0 Å². The lowest BCUT2D eigenvalue weighted by molar-refractivity contribution is 0.471. The van der Waals surface area contributed by atoms with E-state index >= 15 is 0 Å². The predicted octanol–water partition coefficient (Wildman–Crippen LogP) is 4.85. The van der Waals surface area contributed by atoms with Crippen molar-refractivity contribution in [3.8, 4) is 5.75 Å². The maximum Gasteiger partial charge on any atom is 0.130 e. The summed E-state index contributed by atoms with van der Waals surface area (Å²) in [5.74, 6) is 0.166.